The standard InChI is InChI=1S/C16H36N.C13H9Cl2N3O3/c1-5-9-13-17(14-10-6-2,15-11-7-3)16-12-8-4;14-8-4-10(16)11(5-9(8)15)17-6-7-2-1-3-12(13(7)19)18(20)21/h5-16H2,1-4H3;1-6,19H,16H2/q+1;/p-1. The van der Waals surface area contributed by atoms with Gasteiger partial charge in [0.05, 0.1) is 52.5 Å². The van der Waals surface area contributed by atoms with E-state index in [0.29, 0.717) is 5.69 Å². The third kappa shape index (κ3) is 11.2. The number of rotatable bonds is 15. The highest BCUT2D eigenvalue weighted by molar-refractivity contribution is 6.42. The van der Waals surface area contributed by atoms with E-state index < -0.39 is 16.4 Å². The van der Waals surface area contributed by atoms with Gasteiger partial charge in [-0.1, -0.05) is 88.7 Å². The Bertz CT molecular complexity index is 994. The number of aliphatic imine (C=N–C) groups is 1. The van der Waals surface area contributed by atoms with E-state index in [2.05, 4.69) is 32.7 Å². The molecule has 0 saturated heterocycles. The second kappa shape index (κ2) is 18.0. The number of quaternary nitrogens is 1. The Hall–Kier alpha value is -2.35. The third-order valence-corrected chi connectivity index (χ3v) is 7.30. The number of nitro benzene ring substituents is 1. The van der Waals surface area contributed by atoms with Gasteiger partial charge < -0.3 is 15.3 Å². The summed E-state index contributed by atoms with van der Waals surface area (Å²) in [5.74, 6) is -0.718. The van der Waals surface area contributed by atoms with Crippen molar-refractivity contribution in [1.82, 2.24) is 0 Å². The summed E-state index contributed by atoms with van der Waals surface area (Å²) in [5.41, 5.74) is 5.88. The number of halogens is 2. The largest absolute Gasteiger partial charge is 0.867 e. The Morgan fingerprint density at radius 1 is 0.895 bits per heavy atom. The van der Waals surface area contributed by atoms with E-state index in [1.54, 1.807) is 0 Å². The smallest absolute Gasteiger partial charge is 0.262 e. The zero-order valence-corrected chi connectivity index (χ0v) is 24.9. The molecule has 0 atom stereocenters. The molecule has 0 aliphatic carbocycles. The number of para-hydroxylation sites is 1. The SMILES string of the molecule is CCCC[N+](CCCC)(CCCC)CCCC.Nc1cc(Cl)c(Cl)cc1N=Cc1cccc([N+](=O)[O-])c1[O-]. The van der Waals surface area contributed by atoms with Gasteiger partial charge in [-0.25, -0.2) is 0 Å². The minimum atomic E-state index is -0.743. The van der Waals surface area contributed by atoms with Crippen molar-refractivity contribution >= 4 is 46.5 Å². The molecule has 0 radical (unpaired) electrons. The van der Waals surface area contributed by atoms with Crippen molar-refractivity contribution < 1.29 is 14.5 Å². The summed E-state index contributed by atoms with van der Waals surface area (Å²) in [6, 6.07) is 6.83. The molecule has 2 aromatic rings. The first-order valence-corrected chi connectivity index (χ1v) is 14.5. The molecule has 2 rings (SSSR count). The third-order valence-electron chi connectivity index (χ3n) is 6.58. The maximum Gasteiger partial charge on any atom is 0.262 e. The maximum atomic E-state index is 11.8. The fraction of sp³-hybridized carbons (Fsp3) is 0.552. The molecule has 212 valence electrons. The number of benzene rings is 2. The molecule has 38 heavy (non-hydrogen) atoms. The van der Waals surface area contributed by atoms with Crippen LogP contribution < -0.4 is 10.8 Å². The monoisotopic (exact) mass is 566 g/mol. The van der Waals surface area contributed by atoms with Crippen LogP contribution in [0.1, 0.15) is 84.6 Å². The Labute approximate surface area is 238 Å². The summed E-state index contributed by atoms with van der Waals surface area (Å²) in [6.45, 7) is 15.0. The molecule has 2 aromatic carbocycles. The molecule has 0 bridgehead atoms. The van der Waals surface area contributed by atoms with Gasteiger partial charge in [0.2, 0.25) is 0 Å². The van der Waals surface area contributed by atoms with Crippen molar-refractivity contribution in [2.75, 3.05) is 31.9 Å². The van der Waals surface area contributed by atoms with E-state index in [9.17, 15) is 15.2 Å². The predicted molar refractivity (Wildman–Crippen MR) is 160 cm³/mol. The molecule has 0 heterocycles. The van der Waals surface area contributed by atoms with Gasteiger partial charge in [0, 0.05) is 12.3 Å². The molecule has 0 aromatic heterocycles. The quantitative estimate of drug-likeness (QED) is 0.0768. The molecule has 0 amide bonds. The van der Waals surface area contributed by atoms with Crippen molar-refractivity contribution in [3.8, 4) is 5.75 Å². The number of nitrogen functional groups attached to an aromatic ring is 1. The lowest BCUT2D eigenvalue weighted by molar-refractivity contribution is -0.929. The van der Waals surface area contributed by atoms with Crippen LogP contribution in [0.2, 0.25) is 10.0 Å². The van der Waals surface area contributed by atoms with Crippen LogP contribution in [0.3, 0.4) is 0 Å². The number of hydrogen-bond donors (Lipinski definition) is 1. The molecular formula is C29H44Cl2N4O3. The Morgan fingerprint density at radius 3 is 1.82 bits per heavy atom. The summed E-state index contributed by atoms with van der Waals surface area (Å²) >= 11 is 11.6. The van der Waals surface area contributed by atoms with Crippen LogP contribution in [0.15, 0.2) is 35.3 Å². The van der Waals surface area contributed by atoms with Crippen LogP contribution in [0.25, 0.3) is 0 Å². The van der Waals surface area contributed by atoms with E-state index in [4.69, 9.17) is 28.9 Å². The van der Waals surface area contributed by atoms with Crippen molar-refractivity contribution in [3.05, 3.63) is 56.1 Å². The molecule has 0 saturated carbocycles. The van der Waals surface area contributed by atoms with Crippen molar-refractivity contribution in [2.24, 2.45) is 4.99 Å². The van der Waals surface area contributed by atoms with Crippen LogP contribution >= 0.6 is 23.2 Å². The van der Waals surface area contributed by atoms with Gasteiger partial charge in [0.15, 0.2) is 0 Å². The number of unbranched alkanes of at least 4 members (excludes halogenated alkanes) is 4. The molecule has 0 fully saturated rings. The van der Waals surface area contributed by atoms with E-state index in [0.717, 1.165) is 6.07 Å². The van der Waals surface area contributed by atoms with E-state index in [1.165, 1.54) is 113 Å². The summed E-state index contributed by atoms with van der Waals surface area (Å²) in [4.78, 5) is 14.0. The minimum absolute atomic E-state index is 0.0784. The number of anilines is 1. The average Bonchev–Trinajstić information content (AvgIpc) is 2.90. The maximum absolute atomic E-state index is 11.8. The van der Waals surface area contributed by atoms with Crippen molar-refractivity contribution in [2.45, 2.75) is 79.1 Å². The molecule has 7 nitrogen and oxygen atoms in total. The van der Waals surface area contributed by atoms with E-state index in [-0.39, 0.29) is 21.3 Å². The van der Waals surface area contributed by atoms with Crippen LogP contribution in [0.4, 0.5) is 17.1 Å². The van der Waals surface area contributed by atoms with Gasteiger partial charge in [-0.2, -0.15) is 0 Å². The number of nitro groups is 1. The lowest BCUT2D eigenvalue weighted by atomic mass is 10.1. The summed E-state index contributed by atoms with van der Waals surface area (Å²) in [5, 5.41) is 23.1. The molecular weight excluding hydrogens is 523 g/mol. The summed E-state index contributed by atoms with van der Waals surface area (Å²) in [7, 11) is 0. The first-order valence-electron chi connectivity index (χ1n) is 13.7. The average molecular weight is 568 g/mol. The number of hydrogen-bond acceptors (Lipinski definition) is 5. The highest BCUT2D eigenvalue weighted by Gasteiger charge is 2.24. The molecule has 0 spiro atoms. The van der Waals surface area contributed by atoms with Gasteiger partial charge in [-0.15, -0.1) is 0 Å². The zero-order valence-electron chi connectivity index (χ0n) is 23.3. The zero-order chi connectivity index (χ0) is 28.6. The first kappa shape index (κ1) is 33.7. The highest BCUT2D eigenvalue weighted by atomic mass is 35.5. The molecule has 0 unspecified atom stereocenters. The number of nitrogens with zero attached hydrogens (tertiary/aromatic N) is 3. The topological polar surface area (TPSA) is 105 Å². The van der Waals surface area contributed by atoms with Crippen LogP contribution in [-0.2, 0) is 0 Å². The fourth-order valence-corrected chi connectivity index (χ4v) is 4.57. The second-order valence-electron chi connectivity index (χ2n) is 9.69. The summed E-state index contributed by atoms with van der Waals surface area (Å²) in [6.07, 6.45) is 12.3. The van der Waals surface area contributed by atoms with Gasteiger partial charge >= 0.3 is 0 Å². The van der Waals surface area contributed by atoms with Crippen LogP contribution in [0, 0.1) is 10.1 Å². The van der Waals surface area contributed by atoms with Gasteiger partial charge in [-0.05, 0) is 49.1 Å². The first-order chi connectivity index (χ1) is 18.1. The Morgan fingerprint density at radius 2 is 1.37 bits per heavy atom. The highest BCUT2D eigenvalue weighted by Crippen LogP contribution is 2.33. The van der Waals surface area contributed by atoms with E-state index in [1.807, 2.05) is 0 Å². The minimum Gasteiger partial charge on any atom is -0.867 e. The Balaban J connectivity index is 0.000000391. The number of nitrogens with two attached hydrogens (primary N) is 1. The molecule has 9 heteroatoms. The van der Waals surface area contributed by atoms with Crippen LogP contribution in [0.5, 0.6) is 5.75 Å². The summed E-state index contributed by atoms with van der Waals surface area (Å²) < 4.78 is 1.42. The van der Waals surface area contributed by atoms with Gasteiger partial charge in [-0.3, -0.25) is 15.1 Å². The second-order valence-corrected chi connectivity index (χ2v) is 10.5. The lowest BCUT2D eigenvalue weighted by Crippen LogP contribution is -2.50. The van der Waals surface area contributed by atoms with Crippen LogP contribution in [-0.4, -0.2) is 41.8 Å². The fourth-order valence-electron chi connectivity index (χ4n) is 4.24. The normalized spacial score (nSPS) is 11.4. The molecule has 2 N–H and O–H groups in total. The van der Waals surface area contributed by atoms with Gasteiger partial charge in [0.1, 0.15) is 0 Å². The molecule has 0 aliphatic rings. The predicted octanol–water partition coefficient (Wildman–Crippen LogP) is 8.31. The van der Waals surface area contributed by atoms with Crippen molar-refractivity contribution in [1.29, 1.82) is 0 Å². The van der Waals surface area contributed by atoms with Gasteiger partial charge in [0.25, 0.3) is 5.69 Å². The Kier molecular flexibility index (Phi) is 16.0. The van der Waals surface area contributed by atoms with E-state index >= 15 is 0 Å². The lowest BCUT2D eigenvalue weighted by Gasteiger charge is -2.39. The van der Waals surface area contributed by atoms with Crippen molar-refractivity contribution in [3.63, 3.8) is 0 Å². The molecule has 0 aliphatic heterocycles.